The Bertz CT molecular complexity index is 458. The maximum atomic E-state index is 11.6. The SMILES string of the molecule is CCCOc1cccc(NCCC(=O)NC2CC2)c1N. The lowest BCUT2D eigenvalue weighted by Gasteiger charge is -2.13. The number of ether oxygens (including phenoxy) is 1. The largest absolute Gasteiger partial charge is 0.491 e. The summed E-state index contributed by atoms with van der Waals surface area (Å²) in [7, 11) is 0. The third-order valence-electron chi connectivity index (χ3n) is 3.14. The van der Waals surface area contributed by atoms with Crippen LogP contribution in [0.15, 0.2) is 18.2 Å². The van der Waals surface area contributed by atoms with Crippen molar-refractivity contribution < 1.29 is 9.53 Å². The van der Waals surface area contributed by atoms with E-state index in [0.717, 1.165) is 24.9 Å². The van der Waals surface area contributed by atoms with Crippen LogP contribution < -0.4 is 21.1 Å². The molecule has 4 N–H and O–H groups in total. The van der Waals surface area contributed by atoms with E-state index in [2.05, 4.69) is 17.6 Å². The number of rotatable bonds is 8. The fraction of sp³-hybridized carbons (Fsp3) is 0.533. The van der Waals surface area contributed by atoms with E-state index in [9.17, 15) is 4.79 Å². The minimum absolute atomic E-state index is 0.0944. The predicted molar refractivity (Wildman–Crippen MR) is 80.9 cm³/mol. The van der Waals surface area contributed by atoms with Crippen LogP contribution in [0.1, 0.15) is 32.6 Å². The number of carbonyl (C=O) groups is 1. The number of benzene rings is 1. The van der Waals surface area contributed by atoms with Gasteiger partial charge in [-0.25, -0.2) is 0 Å². The molecule has 0 atom stereocenters. The topological polar surface area (TPSA) is 76.4 Å². The average Bonchev–Trinajstić information content (AvgIpc) is 3.23. The van der Waals surface area contributed by atoms with Crippen LogP contribution >= 0.6 is 0 Å². The van der Waals surface area contributed by atoms with Gasteiger partial charge < -0.3 is 21.1 Å². The first-order chi connectivity index (χ1) is 9.70. The Labute approximate surface area is 119 Å². The highest BCUT2D eigenvalue weighted by molar-refractivity contribution is 5.78. The second-order valence-electron chi connectivity index (χ2n) is 5.08. The van der Waals surface area contributed by atoms with Gasteiger partial charge in [0.2, 0.25) is 5.91 Å². The Morgan fingerprint density at radius 1 is 1.45 bits per heavy atom. The van der Waals surface area contributed by atoms with Crippen LogP contribution in [0.2, 0.25) is 0 Å². The fourth-order valence-corrected chi connectivity index (χ4v) is 1.87. The van der Waals surface area contributed by atoms with Gasteiger partial charge in [-0.15, -0.1) is 0 Å². The number of nitrogen functional groups attached to an aromatic ring is 1. The van der Waals surface area contributed by atoms with Gasteiger partial charge in [-0.05, 0) is 31.4 Å². The molecule has 1 aromatic rings. The normalized spacial score (nSPS) is 13.8. The van der Waals surface area contributed by atoms with Crippen LogP contribution in [0.25, 0.3) is 0 Å². The van der Waals surface area contributed by atoms with E-state index in [4.69, 9.17) is 10.5 Å². The molecule has 1 aliphatic rings. The molecule has 110 valence electrons. The molecular weight excluding hydrogens is 254 g/mol. The van der Waals surface area contributed by atoms with Gasteiger partial charge in [-0.3, -0.25) is 4.79 Å². The van der Waals surface area contributed by atoms with E-state index in [1.165, 1.54) is 0 Å². The zero-order valence-corrected chi connectivity index (χ0v) is 11.9. The molecule has 0 aromatic heterocycles. The van der Waals surface area contributed by atoms with E-state index in [-0.39, 0.29) is 5.91 Å². The highest BCUT2D eigenvalue weighted by Gasteiger charge is 2.22. The van der Waals surface area contributed by atoms with Crippen LogP contribution in [-0.4, -0.2) is 25.1 Å². The molecule has 0 spiro atoms. The van der Waals surface area contributed by atoms with Gasteiger partial charge in [0.05, 0.1) is 18.0 Å². The van der Waals surface area contributed by atoms with Gasteiger partial charge in [0.15, 0.2) is 0 Å². The Kier molecular flexibility index (Phi) is 5.09. The summed E-state index contributed by atoms with van der Waals surface area (Å²) >= 11 is 0. The van der Waals surface area contributed by atoms with Crippen LogP contribution in [0, 0.1) is 0 Å². The van der Waals surface area contributed by atoms with E-state index in [0.29, 0.717) is 37.1 Å². The molecule has 0 unspecified atom stereocenters. The zero-order chi connectivity index (χ0) is 14.4. The summed E-state index contributed by atoms with van der Waals surface area (Å²) in [4.78, 5) is 11.6. The van der Waals surface area contributed by atoms with Gasteiger partial charge in [0.25, 0.3) is 0 Å². The van der Waals surface area contributed by atoms with Crippen molar-refractivity contribution in [2.75, 3.05) is 24.2 Å². The summed E-state index contributed by atoms with van der Waals surface area (Å²) < 4.78 is 5.57. The van der Waals surface area contributed by atoms with Crippen molar-refractivity contribution in [3.8, 4) is 5.75 Å². The summed E-state index contributed by atoms with van der Waals surface area (Å²) in [5, 5.41) is 6.15. The zero-order valence-electron chi connectivity index (χ0n) is 11.9. The molecule has 5 heteroatoms. The number of carbonyl (C=O) groups excluding carboxylic acids is 1. The summed E-state index contributed by atoms with van der Waals surface area (Å²) in [6, 6.07) is 6.06. The fourth-order valence-electron chi connectivity index (χ4n) is 1.87. The number of amides is 1. The van der Waals surface area contributed by atoms with Crippen molar-refractivity contribution in [2.45, 2.75) is 38.6 Å². The minimum atomic E-state index is 0.0944. The number of anilines is 2. The van der Waals surface area contributed by atoms with Crippen molar-refractivity contribution in [3.63, 3.8) is 0 Å². The predicted octanol–water partition coefficient (Wildman–Crippen LogP) is 2.14. The van der Waals surface area contributed by atoms with E-state index < -0.39 is 0 Å². The molecule has 0 radical (unpaired) electrons. The quantitative estimate of drug-likeness (QED) is 0.636. The first-order valence-electron chi connectivity index (χ1n) is 7.25. The smallest absolute Gasteiger partial charge is 0.221 e. The lowest BCUT2D eigenvalue weighted by Crippen LogP contribution is -2.27. The number of nitrogens with one attached hydrogen (secondary N) is 2. The van der Waals surface area contributed by atoms with Gasteiger partial charge in [0.1, 0.15) is 5.75 Å². The van der Waals surface area contributed by atoms with Crippen LogP contribution in [0.4, 0.5) is 11.4 Å². The molecule has 1 saturated carbocycles. The molecule has 5 nitrogen and oxygen atoms in total. The summed E-state index contributed by atoms with van der Waals surface area (Å²) in [5.41, 5.74) is 7.46. The molecular formula is C15H23N3O2. The minimum Gasteiger partial charge on any atom is -0.491 e. The molecule has 1 amide bonds. The van der Waals surface area contributed by atoms with Crippen molar-refractivity contribution >= 4 is 17.3 Å². The van der Waals surface area contributed by atoms with Crippen LogP contribution in [-0.2, 0) is 4.79 Å². The molecule has 1 aliphatic carbocycles. The molecule has 0 heterocycles. The van der Waals surface area contributed by atoms with Crippen molar-refractivity contribution in [1.29, 1.82) is 0 Å². The Morgan fingerprint density at radius 3 is 2.95 bits per heavy atom. The standard InChI is InChI=1S/C15H23N3O2/c1-2-10-20-13-5-3-4-12(15(13)16)17-9-8-14(19)18-11-6-7-11/h3-5,11,17H,2,6-10,16H2,1H3,(H,18,19). The summed E-state index contributed by atoms with van der Waals surface area (Å²) in [6.45, 7) is 3.27. The average molecular weight is 277 g/mol. The number of para-hydroxylation sites is 1. The van der Waals surface area contributed by atoms with Crippen LogP contribution in [0.5, 0.6) is 5.75 Å². The molecule has 1 fully saturated rings. The van der Waals surface area contributed by atoms with E-state index in [1.54, 1.807) is 0 Å². The Balaban J connectivity index is 1.80. The second-order valence-corrected chi connectivity index (χ2v) is 5.08. The first kappa shape index (κ1) is 14.5. The molecule has 2 rings (SSSR count). The highest BCUT2D eigenvalue weighted by Crippen LogP contribution is 2.29. The van der Waals surface area contributed by atoms with Gasteiger partial charge >= 0.3 is 0 Å². The third kappa shape index (κ3) is 4.33. The lowest BCUT2D eigenvalue weighted by molar-refractivity contribution is -0.120. The summed E-state index contributed by atoms with van der Waals surface area (Å²) in [6.07, 6.45) is 3.63. The van der Waals surface area contributed by atoms with Gasteiger partial charge in [0, 0.05) is 19.0 Å². The number of nitrogens with two attached hydrogens (primary N) is 1. The van der Waals surface area contributed by atoms with Gasteiger partial charge in [-0.2, -0.15) is 0 Å². The third-order valence-corrected chi connectivity index (χ3v) is 3.14. The maximum Gasteiger partial charge on any atom is 0.221 e. The van der Waals surface area contributed by atoms with E-state index in [1.807, 2.05) is 18.2 Å². The maximum absolute atomic E-state index is 11.6. The van der Waals surface area contributed by atoms with Crippen LogP contribution in [0.3, 0.4) is 0 Å². The number of hydrogen-bond donors (Lipinski definition) is 3. The summed E-state index contributed by atoms with van der Waals surface area (Å²) in [5.74, 6) is 0.788. The number of hydrogen-bond acceptors (Lipinski definition) is 4. The van der Waals surface area contributed by atoms with E-state index >= 15 is 0 Å². The van der Waals surface area contributed by atoms with Crippen molar-refractivity contribution in [2.24, 2.45) is 0 Å². The van der Waals surface area contributed by atoms with Crippen molar-refractivity contribution in [3.05, 3.63) is 18.2 Å². The molecule has 0 bridgehead atoms. The van der Waals surface area contributed by atoms with Crippen molar-refractivity contribution in [1.82, 2.24) is 5.32 Å². The molecule has 20 heavy (non-hydrogen) atoms. The Hall–Kier alpha value is -1.91. The molecule has 1 aromatic carbocycles. The van der Waals surface area contributed by atoms with Gasteiger partial charge in [-0.1, -0.05) is 13.0 Å². The Morgan fingerprint density at radius 2 is 2.25 bits per heavy atom. The molecule has 0 aliphatic heterocycles. The molecule has 0 saturated heterocycles. The second kappa shape index (κ2) is 7.03. The first-order valence-corrected chi connectivity index (χ1v) is 7.25. The monoisotopic (exact) mass is 277 g/mol. The lowest BCUT2D eigenvalue weighted by atomic mass is 10.2. The highest BCUT2D eigenvalue weighted by atomic mass is 16.5.